The van der Waals surface area contributed by atoms with Gasteiger partial charge in [0.1, 0.15) is 0 Å². The number of aromatic carboxylic acids is 1. The Balaban J connectivity index is 0. The van der Waals surface area contributed by atoms with E-state index in [4.69, 9.17) is 14.9 Å². The van der Waals surface area contributed by atoms with Gasteiger partial charge in [0.2, 0.25) is 0 Å². The third-order valence-electron chi connectivity index (χ3n) is 3.69. The quantitative estimate of drug-likeness (QED) is 0.539. The third-order valence-corrected chi connectivity index (χ3v) is 3.69. The zero-order valence-corrected chi connectivity index (χ0v) is 14.4. The van der Waals surface area contributed by atoms with E-state index in [1.54, 1.807) is 12.1 Å². The van der Waals surface area contributed by atoms with Crippen molar-refractivity contribution in [3.63, 3.8) is 0 Å². The molecule has 1 unspecified atom stereocenters. The Morgan fingerprint density at radius 2 is 1.73 bits per heavy atom. The van der Waals surface area contributed by atoms with Crippen LogP contribution in [0.1, 0.15) is 63.9 Å². The molecule has 0 aromatic heterocycles. The Hall–Kier alpha value is -1.92. The molecule has 0 saturated carbocycles. The molecule has 0 radical (unpaired) electrons. The summed E-state index contributed by atoms with van der Waals surface area (Å²) in [7, 11) is 0. The molecule has 1 aromatic carbocycles. The Bertz CT molecular complexity index is 515. The molecule has 1 rings (SSSR count). The van der Waals surface area contributed by atoms with Crippen molar-refractivity contribution in [2.75, 3.05) is 19.7 Å². The van der Waals surface area contributed by atoms with Gasteiger partial charge in [0.25, 0.3) is 0 Å². The lowest BCUT2D eigenvalue weighted by Gasteiger charge is -2.25. The number of rotatable bonds is 12. The summed E-state index contributed by atoms with van der Waals surface area (Å²) in [6.07, 6.45) is 1.72. The van der Waals surface area contributed by atoms with Gasteiger partial charge in [0, 0.05) is 26.1 Å². The first-order chi connectivity index (χ1) is 11.4. The van der Waals surface area contributed by atoms with Crippen molar-refractivity contribution < 1.29 is 24.5 Å². The summed E-state index contributed by atoms with van der Waals surface area (Å²) in [6, 6.07) is 6.84. The number of ether oxygens (including phenoxy) is 1. The first kappa shape index (κ1) is 26.3. The molecule has 6 nitrogen and oxygen atoms in total. The van der Waals surface area contributed by atoms with E-state index < -0.39 is 11.9 Å². The van der Waals surface area contributed by atoms with E-state index in [1.807, 2.05) is 26.0 Å². The predicted octanol–water partition coefficient (Wildman–Crippen LogP) is 4.14. The molecule has 1 aromatic rings. The van der Waals surface area contributed by atoms with Gasteiger partial charge in [-0.1, -0.05) is 27.0 Å². The van der Waals surface area contributed by atoms with Crippen LogP contribution in [0.25, 0.3) is 0 Å². The van der Waals surface area contributed by atoms with Gasteiger partial charge in [-0.25, -0.2) is 4.79 Å². The van der Waals surface area contributed by atoms with E-state index in [0.717, 1.165) is 25.1 Å². The van der Waals surface area contributed by atoms with Crippen LogP contribution in [0.3, 0.4) is 0 Å². The summed E-state index contributed by atoms with van der Waals surface area (Å²) in [4.78, 5) is 23.7. The molecule has 0 aliphatic rings. The number of carbonyl (C=O) groups is 2. The Morgan fingerprint density at radius 1 is 1.12 bits per heavy atom. The lowest BCUT2D eigenvalue weighted by molar-refractivity contribution is -0.137. The number of carboxylic acids is 2. The average Bonchev–Trinajstić information content (AvgIpc) is 2.52. The zero-order chi connectivity index (χ0) is 17.9. The number of unbranched alkanes of at least 4 members (excludes halogenated alkanes) is 1. The van der Waals surface area contributed by atoms with E-state index in [0.29, 0.717) is 19.6 Å². The largest absolute Gasteiger partial charge is 0.481 e. The number of aliphatic carboxylic acids is 1. The van der Waals surface area contributed by atoms with Crippen molar-refractivity contribution >= 4 is 11.9 Å². The van der Waals surface area contributed by atoms with Crippen LogP contribution < -0.4 is 0 Å². The van der Waals surface area contributed by atoms with Crippen molar-refractivity contribution in [1.29, 1.82) is 0 Å². The van der Waals surface area contributed by atoms with Crippen LogP contribution in [0, 0.1) is 0 Å². The predicted molar refractivity (Wildman–Crippen MR) is 105 cm³/mol. The standard InChI is InChI=1S/C18H27NO5.2CH4/c1-3-24-14(2)12-19(11-5-4-6-17(20)21)13-15-7-9-16(10-8-15)18(22)23;;/h7-10,14H,3-6,11-13H2,1-2H3,(H,20,21)(H,22,23);2*1H4. The molecule has 0 amide bonds. The summed E-state index contributed by atoms with van der Waals surface area (Å²) in [5.74, 6) is -1.70. The molecule has 150 valence electrons. The van der Waals surface area contributed by atoms with Gasteiger partial charge in [-0.15, -0.1) is 0 Å². The highest BCUT2D eigenvalue weighted by Crippen LogP contribution is 2.11. The number of nitrogens with zero attached hydrogens (tertiary/aromatic N) is 1. The summed E-state index contributed by atoms with van der Waals surface area (Å²) in [5, 5.41) is 17.7. The Kier molecular flexibility index (Phi) is 14.4. The number of hydrogen-bond acceptors (Lipinski definition) is 4. The van der Waals surface area contributed by atoms with Crippen LogP contribution in [0.4, 0.5) is 0 Å². The SMILES string of the molecule is C.C.CCOC(C)CN(CCCCC(=O)O)Cc1ccc(C(=O)O)cc1. The molecular formula is C20H35NO5. The fraction of sp³-hybridized carbons (Fsp3) is 0.600. The molecule has 0 aliphatic heterocycles. The summed E-state index contributed by atoms with van der Waals surface area (Å²) in [5.41, 5.74) is 1.30. The van der Waals surface area contributed by atoms with Crippen molar-refractivity contribution in [3.8, 4) is 0 Å². The van der Waals surface area contributed by atoms with Gasteiger partial charge < -0.3 is 14.9 Å². The van der Waals surface area contributed by atoms with E-state index in [9.17, 15) is 9.59 Å². The molecule has 1 atom stereocenters. The summed E-state index contributed by atoms with van der Waals surface area (Å²) in [6.45, 7) is 6.85. The van der Waals surface area contributed by atoms with Crippen LogP contribution >= 0.6 is 0 Å². The molecule has 6 heteroatoms. The molecule has 0 aliphatic carbocycles. The molecule has 0 heterocycles. The molecule has 0 spiro atoms. The Morgan fingerprint density at radius 3 is 2.23 bits per heavy atom. The van der Waals surface area contributed by atoms with E-state index in [-0.39, 0.29) is 32.9 Å². The van der Waals surface area contributed by atoms with Gasteiger partial charge in [-0.2, -0.15) is 0 Å². The molecule has 0 fully saturated rings. The minimum Gasteiger partial charge on any atom is -0.481 e. The van der Waals surface area contributed by atoms with Crippen LogP contribution in [-0.2, 0) is 16.1 Å². The topological polar surface area (TPSA) is 87.1 Å². The van der Waals surface area contributed by atoms with Gasteiger partial charge >= 0.3 is 11.9 Å². The Labute approximate surface area is 157 Å². The fourth-order valence-corrected chi connectivity index (χ4v) is 2.56. The van der Waals surface area contributed by atoms with Gasteiger partial charge in [-0.3, -0.25) is 9.69 Å². The monoisotopic (exact) mass is 369 g/mol. The summed E-state index contributed by atoms with van der Waals surface area (Å²) >= 11 is 0. The van der Waals surface area contributed by atoms with Crippen LogP contribution in [-0.4, -0.2) is 52.9 Å². The smallest absolute Gasteiger partial charge is 0.335 e. The minimum atomic E-state index is -0.933. The minimum absolute atomic E-state index is 0. The lowest BCUT2D eigenvalue weighted by Crippen LogP contribution is -2.33. The maximum atomic E-state index is 10.9. The van der Waals surface area contributed by atoms with Crippen molar-refractivity contribution in [2.24, 2.45) is 0 Å². The first-order valence-electron chi connectivity index (χ1n) is 8.30. The second kappa shape index (κ2) is 14.3. The van der Waals surface area contributed by atoms with E-state index in [2.05, 4.69) is 4.90 Å². The van der Waals surface area contributed by atoms with Gasteiger partial charge in [-0.05, 0) is 50.9 Å². The maximum absolute atomic E-state index is 10.9. The van der Waals surface area contributed by atoms with Crippen LogP contribution in [0.2, 0.25) is 0 Å². The molecule has 0 saturated heterocycles. The molecule has 0 bridgehead atoms. The second-order valence-electron chi connectivity index (χ2n) is 5.85. The normalized spacial score (nSPS) is 11.3. The third kappa shape index (κ3) is 10.8. The van der Waals surface area contributed by atoms with E-state index in [1.165, 1.54) is 0 Å². The highest BCUT2D eigenvalue weighted by atomic mass is 16.5. The molecule has 26 heavy (non-hydrogen) atoms. The molecule has 2 N–H and O–H groups in total. The van der Waals surface area contributed by atoms with Gasteiger partial charge in [0.15, 0.2) is 0 Å². The first-order valence-corrected chi connectivity index (χ1v) is 8.30. The van der Waals surface area contributed by atoms with Crippen LogP contribution in [0.5, 0.6) is 0 Å². The fourth-order valence-electron chi connectivity index (χ4n) is 2.56. The number of carboxylic acid groups (broad SMARTS) is 2. The lowest BCUT2D eigenvalue weighted by atomic mass is 10.1. The average molecular weight is 370 g/mol. The molecular weight excluding hydrogens is 334 g/mol. The van der Waals surface area contributed by atoms with Crippen molar-refractivity contribution in [3.05, 3.63) is 35.4 Å². The highest BCUT2D eigenvalue weighted by Gasteiger charge is 2.12. The second-order valence-corrected chi connectivity index (χ2v) is 5.85. The summed E-state index contributed by atoms with van der Waals surface area (Å²) < 4.78 is 5.59. The highest BCUT2D eigenvalue weighted by molar-refractivity contribution is 5.87. The number of hydrogen-bond donors (Lipinski definition) is 2. The zero-order valence-electron chi connectivity index (χ0n) is 14.4. The van der Waals surface area contributed by atoms with Crippen LogP contribution in [0.15, 0.2) is 24.3 Å². The maximum Gasteiger partial charge on any atom is 0.335 e. The van der Waals surface area contributed by atoms with E-state index >= 15 is 0 Å². The van der Waals surface area contributed by atoms with Crippen molar-refractivity contribution in [2.45, 2.75) is 60.6 Å². The number of benzene rings is 1. The van der Waals surface area contributed by atoms with Gasteiger partial charge in [0.05, 0.1) is 11.7 Å². The van der Waals surface area contributed by atoms with Crippen molar-refractivity contribution in [1.82, 2.24) is 4.90 Å².